The molecule has 0 aliphatic rings. The van der Waals surface area contributed by atoms with Gasteiger partial charge in [0.1, 0.15) is 0 Å². The van der Waals surface area contributed by atoms with Crippen molar-refractivity contribution in [3.8, 4) is 0 Å². The SMILES string of the molecule is CC(C)C(=Cc1c(F)c(F)c(F)c(F)c1F)CO. The summed E-state index contributed by atoms with van der Waals surface area (Å²) in [6, 6.07) is 0. The van der Waals surface area contributed by atoms with Crippen LogP contribution in [0.15, 0.2) is 5.57 Å². The lowest BCUT2D eigenvalue weighted by atomic mass is 10.0. The highest BCUT2D eigenvalue weighted by atomic mass is 19.2. The Morgan fingerprint density at radius 2 is 1.33 bits per heavy atom. The van der Waals surface area contributed by atoms with Crippen molar-refractivity contribution in [2.24, 2.45) is 5.92 Å². The van der Waals surface area contributed by atoms with Gasteiger partial charge in [0.05, 0.1) is 12.2 Å². The lowest BCUT2D eigenvalue weighted by molar-refractivity contribution is 0.320. The van der Waals surface area contributed by atoms with Gasteiger partial charge in [0.2, 0.25) is 5.82 Å². The number of hydrogen-bond donors (Lipinski definition) is 1. The Hall–Kier alpha value is -1.43. The van der Waals surface area contributed by atoms with Crippen LogP contribution < -0.4 is 0 Å². The van der Waals surface area contributed by atoms with Crippen LogP contribution in [0, 0.1) is 35.0 Å². The van der Waals surface area contributed by atoms with Crippen LogP contribution in [0.5, 0.6) is 0 Å². The van der Waals surface area contributed by atoms with Gasteiger partial charge in [-0.25, -0.2) is 22.0 Å². The molecular weight excluding hydrogens is 255 g/mol. The molecule has 6 heteroatoms. The second-order valence-corrected chi connectivity index (χ2v) is 4.02. The van der Waals surface area contributed by atoms with E-state index in [2.05, 4.69) is 0 Å². The third-order valence-corrected chi connectivity index (χ3v) is 2.50. The average molecular weight is 266 g/mol. The van der Waals surface area contributed by atoms with E-state index in [0.29, 0.717) is 0 Å². The number of benzene rings is 1. The Kier molecular flexibility index (Phi) is 4.45. The lowest BCUT2D eigenvalue weighted by Gasteiger charge is -2.10. The molecule has 0 amide bonds. The minimum absolute atomic E-state index is 0.165. The molecule has 0 saturated heterocycles. The lowest BCUT2D eigenvalue weighted by Crippen LogP contribution is -2.06. The first-order valence-electron chi connectivity index (χ1n) is 5.14. The summed E-state index contributed by atoms with van der Waals surface area (Å²) < 4.78 is 65.2. The fourth-order valence-electron chi connectivity index (χ4n) is 1.33. The highest BCUT2D eigenvalue weighted by Crippen LogP contribution is 2.26. The smallest absolute Gasteiger partial charge is 0.200 e. The standard InChI is InChI=1S/C12H11F5O/c1-5(2)6(4-18)3-7-8(13)10(15)12(17)11(16)9(7)14/h3,5,18H,4H2,1-2H3. The van der Waals surface area contributed by atoms with Gasteiger partial charge >= 0.3 is 0 Å². The van der Waals surface area contributed by atoms with Crippen LogP contribution in [0.1, 0.15) is 19.4 Å². The minimum atomic E-state index is -2.20. The highest BCUT2D eigenvalue weighted by Gasteiger charge is 2.24. The van der Waals surface area contributed by atoms with E-state index in [-0.39, 0.29) is 11.5 Å². The first kappa shape index (κ1) is 14.6. The fraction of sp³-hybridized carbons (Fsp3) is 0.333. The van der Waals surface area contributed by atoms with Crippen LogP contribution in [0.25, 0.3) is 6.08 Å². The molecule has 0 radical (unpaired) electrons. The molecule has 0 spiro atoms. The van der Waals surface area contributed by atoms with Crippen LogP contribution in [0.3, 0.4) is 0 Å². The van der Waals surface area contributed by atoms with Crippen molar-refractivity contribution in [2.75, 3.05) is 6.61 Å². The molecule has 0 fully saturated rings. The van der Waals surface area contributed by atoms with Gasteiger partial charge in [0.15, 0.2) is 23.3 Å². The topological polar surface area (TPSA) is 20.2 Å². The average Bonchev–Trinajstić information content (AvgIpc) is 2.34. The summed E-state index contributed by atoms with van der Waals surface area (Å²) in [4.78, 5) is 0. The molecular formula is C12H11F5O. The molecule has 18 heavy (non-hydrogen) atoms. The fourth-order valence-corrected chi connectivity index (χ4v) is 1.33. The molecule has 0 unspecified atom stereocenters. The predicted octanol–water partition coefficient (Wildman–Crippen LogP) is 3.41. The van der Waals surface area contributed by atoms with Crippen LogP contribution in [-0.4, -0.2) is 11.7 Å². The first-order valence-corrected chi connectivity index (χ1v) is 5.14. The Bertz CT molecular complexity index is 465. The van der Waals surface area contributed by atoms with Crippen LogP contribution in [0.2, 0.25) is 0 Å². The first-order chi connectivity index (χ1) is 8.31. The zero-order valence-electron chi connectivity index (χ0n) is 9.70. The zero-order chi connectivity index (χ0) is 14.0. The maximum absolute atomic E-state index is 13.3. The van der Waals surface area contributed by atoms with E-state index in [4.69, 9.17) is 5.11 Å². The van der Waals surface area contributed by atoms with Crippen LogP contribution in [-0.2, 0) is 0 Å². The molecule has 0 bridgehead atoms. The van der Waals surface area contributed by atoms with E-state index in [1.165, 1.54) is 0 Å². The van der Waals surface area contributed by atoms with Crippen molar-refractivity contribution in [2.45, 2.75) is 13.8 Å². The molecule has 0 atom stereocenters. The number of hydrogen-bond acceptors (Lipinski definition) is 1. The molecule has 1 aromatic carbocycles. The summed E-state index contributed by atoms with van der Waals surface area (Å²) in [5.41, 5.74) is -0.873. The van der Waals surface area contributed by atoms with Gasteiger partial charge in [-0.15, -0.1) is 0 Å². The maximum Gasteiger partial charge on any atom is 0.200 e. The normalized spacial score (nSPS) is 12.4. The second-order valence-electron chi connectivity index (χ2n) is 4.02. The predicted molar refractivity (Wildman–Crippen MR) is 56.1 cm³/mol. The molecule has 1 rings (SSSR count). The molecule has 0 saturated carbocycles. The molecule has 1 nitrogen and oxygen atoms in total. The van der Waals surface area contributed by atoms with E-state index >= 15 is 0 Å². The summed E-state index contributed by atoms with van der Waals surface area (Å²) in [7, 11) is 0. The largest absolute Gasteiger partial charge is 0.392 e. The molecule has 0 heterocycles. The number of aliphatic hydroxyl groups is 1. The minimum Gasteiger partial charge on any atom is -0.392 e. The van der Waals surface area contributed by atoms with E-state index in [1.807, 2.05) is 0 Å². The maximum atomic E-state index is 13.3. The summed E-state index contributed by atoms with van der Waals surface area (Å²) in [6.07, 6.45) is 0.779. The molecule has 1 aromatic rings. The number of halogens is 5. The Balaban J connectivity index is 3.51. The van der Waals surface area contributed by atoms with Crippen molar-refractivity contribution in [3.63, 3.8) is 0 Å². The molecule has 1 N–H and O–H groups in total. The monoisotopic (exact) mass is 266 g/mol. The van der Waals surface area contributed by atoms with Gasteiger partial charge in [-0.05, 0) is 17.6 Å². The van der Waals surface area contributed by atoms with Crippen molar-refractivity contribution in [3.05, 3.63) is 40.2 Å². The Labute approximate surface area is 101 Å². The van der Waals surface area contributed by atoms with Gasteiger partial charge in [-0.1, -0.05) is 13.8 Å². The Morgan fingerprint density at radius 1 is 0.944 bits per heavy atom. The van der Waals surface area contributed by atoms with Gasteiger partial charge in [0, 0.05) is 0 Å². The van der Waals surface area contributed by atoms with Crippen LogP contribution >= 0.6 is 0 Å². The third kappa shape index (κ3) is 2.53. The van der Waals surface area contributed by atoms with E-state index in [1.54, 1.807) is 13.8 Å². The van der Waals surface area contributed by atoms with Crippen molar-refractivity contribution >= 4 is 6.08 Å². The van der Waals surface area contributed by atoms with Gasteiger partial charge in [-0.2, -0.15) is 0 Å². The van der Waals surface area contributed by atoms with Crippen molar-refractivity contribution in [1.29, 1.82) is 0 Å². The zero-order valence-corrected chi connectivity index (χ0v) is 9.70. The Morgan fingerprint density at radius 3 is 1.67 bits per heavy atom. The molecule has 0 aliphatic heterocycles. The van der Waals surface area contributed by atoms with E-state index < -0.39 is 41.3 Å². The number of rotatable bonds is 3. The van der Waals surface area contributed by atoms with Crippen LogP contribution in [0.4, 0.5) is 22.0 Å². The third-order valence-electron chi connectivity index (χ3n) is 2.50. The molecule has 0 aromatic heterocycles. The van der Waals surface area contributed by atoms with Gasteiger partial charge in [0.25, 0.3) is 0 Å². The molecule has 0 aliphatic carbocycles. The number of aliphatic hydroxyl groups excluding tert-OH is 1. The van der Waals surface area contributed by atoms with E-state index in [9.17, 15) is 22.0 Å². The summed E-state index contributed by atoms with van der Waals surface area (Å²) in [6.45, 7) is 2.71. The summed E-state index contributed by atoms with van der Waals surface area (Å²) in [5.74, 6) is -10.3. The van der Waals surface area contributed by atoms with Crippen molar-refractivity contribution < 1.29 is 27.1 Å². The van der Waals surface area contributed by atoms with Crippen molar-refractivity contribution in [1.82, 2.24) is 0 Å². The van der Waals surface area contributed by atoms with E-state index in [0.717, 1.165) is 6.08 Å². The quantitative estimate of drug-likeness (QED) is 0.505. The summed E-state index contributed by atoms with van der Waals surface area (Å²) >= 11 is 0. The van der Waals surface area contributed by atoms with Gasteiger partial charge in [-0.3, -0.25) is 0 Å². The van der Waals surface area contributed by atoms with Gasteiger partial charge < -0.3 is 5.11 Å². The highest BCUT2D eigenvalue weighted by molar-refractivity contribution is 5.55. The summed E-state index contributed by atoms with van der Waals surface area (Å²) in [5, 5.41) is 8.96. The molecule has 100 valence electrons. The second kappa shape index (κ2) is 5.48.